The van der Waals surface area contributed by atoms with Crippen molar-refractivity contribution >= 4 is 52.2 Å². The van der Waals surface area contributed by atoms with Gasteiger partial charge in [-0.15, -0.1) is 0 Å². The third kappa shape index (κ3) is 8.37. The van der Waals surface area contributed by atoms with Crippen LogP contribution in [0.1, 0.15) is 31.4 Å². The molecule has 176 valence electrons. The van der Waals surface area contributed by atoms with Crippen LogP contribution in [0.25, 0.3) is 0 Å². The molecule has 0 unspecified atom stereocenters. The molecule has 10 heteroatoms. The second-order valence-electron chi connectivity index (χ2n) is 7.22. The highest BCUT2D eigenvalue weighted by Gasteiger charge is 2.15. The van der Waals surface area contributed by atoms with Gasteiger partial charge in [-0.05, 0) is 72.7 Å². The first-order valence-electron chi connectivity index (χ1n) is 10.2. The molecule has 3 N–H and O–H groups in total. The minimum atomic E-state index is -0.854. The van der Waals surface area contributed by atoms with Gasteiger partial charge in [0.25, 0.3) is 5.91 Å². The second kappa shape index (κ2) is 12.8. The Bertz CT molecular complexity index is 1020. The van der Waals surface area contributed by atoms with Crippen molar-refractivity contribution in [3.05, 3.63) is 51.1 Å². The van der Waals surface area contributed by atoms with Gasteiger partial charge in [-0.2, -0.15) is 5.10 Å². The number of ether oxygens (including phenoxy) is 2. The summed E-state index contributed by atoms with van der Waals surface area (Å²) in [6, 6.07) is 10.7. The summed E-state index contributed by atoms with van der Waals surface area (Å²) in [6.45, 7) is 5.48. The molecule has 0 fully saturated rings. The van der Waals surface area contributed by atoms with Gasteiger partial charge in [-0.1, -0.05) is 24.6 Å². The molecule has 0 aromatic heterocycles. The minimum Gasteiger partial charge on any atom is -0.493 e. The van der Waals surface area contributed by atoms with Crippen molar-refractivity contribution < 1.29 is 23.9 Å². The smallest absolute Gasteiger partial charge is 0.329 e. The molecule has 0 saturated heterocycles. The normalized spacial score (nSPS) is 11.5. The quantitative estimate of drug-likeness (QED) is 0.187. The Balaban J connectivity index is 1.98. The number of benzene rings is 2. The largest absolute Gasteiger partial charge is 0.493 e. The number of methoxy groups -OCH3 is 1. The first kappa shape index (κ1) is 26.1. The van der Waals surface area contributed by atoms with Crippen LogP contribution in [0.4, 0.5) is 5.69 Å². The van der Waals surface area contributed by atoms with Crippen molar-refractivity contribution in [2.75, 3.05) is 19.0 Å². The zero-order valence-electron chi connectivity index (χ0n) is 18.9. The average Bonchev–Trinajstić information content (AvgIpc) is 2.79. The number of amides is 3. The lowest BCUT2D eigenvalue weighted by Crippen LogP contribution is -2.41. The monoisotopic (exact) mass is 566 g/mol. The van der Waals surface area contributed by atoms with Crippen molar-refractivity contribution in [1.82, 2.24) is 10.7 Å². The van der Waals surface area contributed by atoms with Crippen LogP contribution in [0.3, 0.4) is 0 Å². The number of halogens is 1. The molecule has 0 heterocycles. The molecule has 1 atom stereocenters. The lowest BCUT2D eigenvalue weighted by molar-refractivity contribution is -0.139. The van der Waals surface area contributed by atoms with Crippen LogP contribution in [0.2, 0.25) is 0 Å². The maximum absolute atomic E-state index is 12.2. The third-order valence-electron chi connectivity index (χ3n) is 4.51. The number of carbonyl (C=O) groups excluding carboxylic acids is 3. The molecular formula is C23H27IN4O5. The molecule has 33 heavy (non-hydrogen) atoms. The van der Waals surface area contributed by atoms with E-state index in [1.54, 1.807) is 19.1 Å². The van der Waals surface area contributed by atoms with Crippen molar-refractivity contribution in [1.29, 1.82) is 0 Å². The molecule has 0 bridgehead atoms. The van der Waals surface area contributed by atoms with E-state index in [0.29, 0.717) is 32.7 Å². The lowest BCUT2D eigenvalue weighted by atomic mass is 10.2. The standard InChI is InChI=1S/C23H27IN4O5/c1-5-15(3)26-22(30)23(31)28-25-12-16-10-18(24)21(19(11-16)32-4)33-13-20(29)27-17-8-6-14(2)7-9-17/h6-12,15H,5,13H2,1-4H3,(H,26,30)(H,27,29)(H,28,31)/b25-12-/t15-/m1/s1. The van der Waals surface area contributed by atoms with Gasteiger partial charge in [-0.25, -0.2) is 5.43 Å². The van der Waals surface area contributed by atoms with Gasteiger partial charge in [0.15, 0.2) is 18.1 Å². The van der Waals surface area contributed by atoms with Crippen LogP contribution < -0.4 is 25.5 Å². The molecule has 0 aliphatic carbocycles. The lowest BCUT2D eigenvalue weighted by Gasteiger charge is -2.13. The molecule has 2 aromatic carbocycles. The van der Waals surface area contributed by atoms with E-state index in [9.17, 15) is 14.4 Å². The molecule has 2 rings (SSSR count). The van der Waals surface area contributed by atoms with Gasteiger partial charge < -0.3 is 20.1 Å². The van der Waals surface area contributed by atoms with Crippen molar-refractivity contribution in [3.63, 3.8) is 0 Å². The second-order valence-corrected chi connectivity index (χ2v) is 8.38. The maximum atomic E-state index is 12.2. The Labute approximate surface area is 206 Å². The highest BCUT2D eigenvalue weighted by molar-refractivity contribution is 14.1. The van der Waals surface area contributed by atoms with Crippen LogP contribution in [-0.2, 0) is 14.4 Å². The van der Waals surface area contributed by atoms with Crippen LogP contribution in [0.15, 0.2) is 41.5 Å². The van der Waals surface area contributed by atoms with Gasteiger partial charge in [0.1, 0.15) is 0 Å². The molecule has 3 amide bonds. The summed E-state index contributed by atoms with van der Waals surface area (Å²) in [7, 11) is 1.48. The Morgan fingerprint density at radius 2 is 1.85 bits per heavy atom. The molecule has 0 aliphatic heterocycles. The van der Waals surface area contributed by atoms with E-state index in [-0.39, 0.29) is 18.6 Å². The maximum Gasteiger partial charge on any atom is 0.329 e. The molecule has 2 aromatic rings. The number of anilines is 1. The topological polar surface area (TPSA) is 118 Å². The Hall–Kier alpha value is -3.15. The number of hydrogen-bond donors (Lipinski definition) is 3. The Morgan fingerprint density at radius 3 is 2.48 bits per heavy atom. The first-order valence-corrected chi connectivity index (χ1v) is 11.3. The summed E-state index contributed by atoms with van der Waals surface area (Å²) in [5.41, 5.74) is 4.58. The number of hydrogen-bond acceptors (Lipinski definition) is 6. The van der Waals surface area contributed by atoms with E-state index in [0.717, 1.165) is 5.56 Å². The number of carbonyl (C=O) groups is 3. The van der Waals surface area contributed by atoms with Crippen LogP contribution in [-0.4, -0.2) is 43.7 Å². The fraction of sp³-hybridized carbons (Fsp3) is 0.304. The van der Waals surface area contributed by atoms with E-state index < -0.39 is 11.8 Å². The molecular weight excluding hydrogens is 539 g/mol. The van der Waals surface area contributed by atoms with Crippen LogP contribution in [0, 0.1) is 10.5 Å². The summed E-state index contributed by atoms with van der Waals surface area (Å²) in [6.07, 6.45) is 2.09. The zero-order valence-corrected chi connectivity index (χ0v) is 21.1. The summed E-state index contributed by atoms with van der Waals surface area (Å²) in [5, 5.41) is 9.15. The molecule has 0 aliphatic rings. The Morgan fingerprint density at radius 1 is 1.15 bits per heavy atom. The summed E-state index contributed by atoms with van der Waals surface area (Å²) < 4.78 is 11.7. The molecule has 0 radical (unpaired) electrons. The van der Waals surface area contributed by atoms with E-state index in [4.69, 9.17) is 9.47 Å². The van der Waals surface area contributed by atoms with Crippen molar-refractivity contribution in [3.8, 4) is 11.5 Å². The first-order chi connectivity index (χ1) is 15.7. The van der Waals surface area contributed by atoms with Gasteiger partial charge in [-0.3, -0.25) is 14.4 Å². The van der Waals surface area contributed by atoms with E-state index in [1.807, 2.05) is 38.1 Å². The summed E-state index contributed by atoms with van der Waals surface area (Å²) in [5.74, 6) is -1.10. The van der Waals surface area contributed by atoms with Gasteiger partial charge in [0, 0.05) is 11.7 Å². The summed E-state index contributed by atoms with van der Waals surface area (Å²) >= 11 is 2.05. The number of aryl methyl sites for hydroxylation is 1. The SMILES string of the molecule is CC[C@@H](C)NC(=O)C(=O)N/N=C\c1cc(I)c(OCC(=O)Nc2ccc(C)cc2)c(OC)c1. The van der Waals surface area contributed by atoms with E-state index in [1.165, 1.54) is 13.3 Å². The molecule has 0 spiro atoms. The minimum absolute atomic E-state index is 0.107. The average molecular weight is 566 g/mol. The molecule has 0 saturated carbocycles. The predicted molar refractivity (Wildman–Crippen MR) is 135 cm³/mol. The van der Waals surface area contributed by atoms with Crippen molar-refractivity contribution in [2.45, 2.75) is 33.2 Å². The third-order valence-corrected chi connectivity index (χ3v) is 5.31. The summed E-state index contributed by atoms with van der Waals surface area (Å²) in [4.78, 5) is 35.8. The highest BCUT2D eigenvalue weighted by Crippen LogP contribution is 2.33. The molecule has 9 nitrogen and oxygen atoms in total. The van der Waals surface area contributed by atoms with Crippen molar-refractivity contribution in [2.24, 2.45) is 5.10 Å². The number of nitrogens with one attached hydrogen (secondary N) is 3. The van der Waals surface area contributed by atoms with E-state index in [2.05, 4.69) is 43.8 Å². The fourth-order valence-corrected chi connectivity index (χ4v) is 3.31. The number of hydrazone groups is 1. The van der Waals surface area contributed by atoms with Gasteiger partial charge >= 0.3 is 11.8 Å². The van der Waals surface area contributed by atoms with Gasteiger partial charge in [0.2, 0.25) is 0 Å². The van der Waals surface area contributed by atoms with E-state index >= 15 is 0 Å². The number of rotatable bonds is 9. The fourth-order valence-electron chi connectivity index (χ4n) is 2.53. The van der Waals surface area contributed by atoms with Crippen LogP contribution in [0.5, 0.6) is 11.5 Å². The van der Waals surface area contributed by atoms with Gasteiger partial charge in [0.05, 0.1) is 16.9 Å². The Kier molecular flexibility index (Phi) is 10.1. The predicted octanol–water partition coefficient (Wildman–Crippen LogP) is 2.99. The van der Waals surface area contributed by atoms with Crippen LogP contribution >= 0.6 is 22.6 Å². The highest BCUT2D eigenvalue weighted by atomic mass is 127. The number of nitrogens with zero attached hydrogens (tertiary/aromatic N) is 1. The zero-order chi connectivity index (χ0) is 24.4.